The molecule has 11 aromatic rings. The van der Waals surface area contributed by atoms with Crippen molar-refractivity contribution in [3.8, 4) is 23.0 Å². The van der Waals surface area contributed by atoms with Gasteiger partial charge in [-0.15, -0.1) is 0 Å². The van der Waals surface area contributed by atoms with Crippen LogP contribution in [0.4, 0.5) is 5.95 Å². The maximum Gasteiger partial charge on any atom is 0.335 e. The van der Waals surface area contributed by atoms with Crippen molar-refractivity contribution < 1.29 is 70.6 Å². The predicted molar refractivity (Wildman–Crippen MR) is 445 cm³/mol. The summed E-state index contributed by atoms with van der Waals surface area (Å²) in [6.45, 7) is 17.0. The van der Waals surface area contributed by atoms with Crippen molar-refractivity contribution in [2.75, 3.05) is 44.1 Å². The monoisotopic (exact) mass is 1640 g/mol. The number of hydrogen-bond donors (Lipinski definition) is 3. The van der Waals surface area contributed by atoms with Crippen molar-refractivity contribution in [2.24, 2.45) is 0 Å². The second-order valence-electron chi connectivity index (χ2n) is 28.3. The molecule has 0 saturated carbocycles. The highest BCUT2D eigenvalue weighted by atomic mass is 32.2. The van der Waals surface area contributed by atoms with Crippen LogP contribution in [0.1, 0.15) is 125 Å². The van der Waals surface area contributed by atoms with Crippen LogP contribution in [0.25, 0.3) is 23.3 Å². The van der Waals surface area contributed by atoms with E-state index in [0.717, 1.165) is 79.6 Å². The molecule has 0 bridgehead atoms. The Kier molecular flexibility index (Phi) is 28.2. The van der Waals surface area contributed by atoms with E-state index in [4.69, 9.17) is 23.0 Å². The van der Waals surface area contributed by atoms with Crippen molar-refractivity contribution in [2.45, 2.75) is 104 Å². The minimum atomic E-state index is -4.72. The molecular weight excluding hydrogens is 1560 g/mol. The second-order valence-corrected chi connectivity index (χ2v) is 34.8. The zero-order chi connectivity index (χ0) is 83.3. The third-order valence-corrected chi connectivity index (χ3v) is 22.8. The number of rotatable bonds is 23. The van der Waals surface area contributed by atoms with Crippen LogP contribution < -0.4 is 44.7 Å². The fourth-order valence-corrected chi connectivity index (χ4v) is 16.3. The summed E-state index contributed by atoms with van der Waals surface area (Å²) >= 11 is -0.750. The van der Waals surface area contributed by atoms with Crippen LogP contribution in [0.3, 0.4) is 0 Å². The molecule has 0 radical (unpaired) electrons. The van der Waals surface area contributed by atoms with Gasteiger partial charge < -0.3 is 28.6 Å². The van der Waals surface area contributed by atoms with Gasteiger partial charge in [0.25, 0.3) is 0 Å². The zero-order valence-electron chi connectivity index (χ0n) is 65.4. The highest BCUT2D eigenvalue weighted by Crippen LogP contribution is 2.41. The summed E-state index contributed by atoms with van der Waals surface area (Å²) in [6, 6.07) is 61.8. The van der Waals surface area contributed by atoms with E-state index in [-0.39, 0.29) is 35.4 Å². The molecule has 0 spiro atoms. The van der Waals surface area contributed by atoms with Crippen LogP contribution in [0, 0.1) is 55.4 Å². The number of fused-ring (bicyclic) bond motifs is 4. The van der Waals surface area contributed by atoms with Crippen molar-refractivity contribution in [3.05, 3.63) is 327 Å². The lowest BCUT2D eigenvalue weighted by atomic mass is 9.90. The fraction of sp³-hybridized carbons (Fsp3) is 0.227. The number of carboxylic acids is 1. The number of nitrogens with zero attached hydrogens (tertiary/aromatic N) is 4. The van der Waals surface area contributed by atoms with Gasteiger partial charge in [0.15, 0.2) is 0 Å². The van der Waals surface area contributed by atoms with Gasteiger partial charge in [-0.1, -0.05) is 146 Å². The number of anilines is 1. The summed E-state index contributed by atoms with van der Waals surface area (Å²) in [5.74, 6) is 2.44. The van der Waals surface area contributed by atoms with Crippen molar-refractivity contribution in [1.82, 2.24) is 24.4 Å². The molecule has 13 rings (SSSR count). The third kappa shape index (κ3) is 22.7. The number of sulfonamides is 2. The number of carbonyl (C=O) groups is 1. The Morgan fingerprint density at radius 3 is 1.14 bits per heavy atom. The Labute approximate surface area is 675 Å². The van der Waals surface area contributed by atoms with Gasteiger partial charge in [-0.3, -0.25) is 4.79 Å². The summed E-state index contributed by atoms with van der Waals surface area (Å²) in [7, 11) is -14.5. The highest BCUT2D eigenvalue weighted by Gasteiger charge is 2.27. The SMILES string of the molecule is CN(CC(=O)O)c1nc(CCCNS(C)(=O)=O)nc(CCCNS(C)(=O)=O)n1.Cc1cccc(C)c1/C=c1\ccc2c(c1)Oc1cc(Cc3c(C)cccc3C)ccc1C=2c1ccccc1S(=O)(=O)[O-].Cc1cccc(C)c1/C=c1\ccc2c(c1)Oc1cc(Cc3c(C)cccc3C)ccc1C=2c1ccccc1S(=O)(=O)[O-].O=S=O. The van der Waals surface area contributed by atoms with E-state index in [2.05, 4.69) is 165 Å². The molecule has 10 aromatic carbocycles. The number of ether oxygens (including phenoxy) is 2. The predicted octanol–water partition coefficient (Wildman–Crippen LogP) is 10.9. The Morgan fingerprint density at radius 1 is 0.452 bits per heavy atom. The third-order valence-electron chi connectivity index (χ3n) is 19.5. The quantitative estimate of drug-likeness (QED) is 0.0395. The largest absolute Gasteiger partial charge is 0.744 e. The second kappa shape index (κ2) is 37.5. The van der Waals surface area contributed by atoms with E-state index < -0.39 is 57.8 Å². The molecule has 0 atom stereocenters. The number of aryl methyl sites for hydroxylation is 10. The van der Waals surface area contributed by atoms with Crippen molar-refractivity contribution in [1.29, 1.82) is 0 Å². The Hall–Kier alpha value is -11.0. The van der Waals surface area contributed by atoms with Gasteiger partial charge >= 0.3 is 17.5 Å². The van der Waals surface area contributed by atoms with Crippen LogP contribution in [0.15, 0.2) is 204 Å². The molecule has 1 aromatic heterocycles. The lowest BCUT2D eigenvalue weighted by Crippen LogP contribution is -2.28. The van der Waals surface area contributed by atoms with Crippen LogP contribution in [-0.4, -0.2) is 116 Å². The molecule has 3 N–H and O–H groups in total. The Balaban J connectivity index is 0.000000183. The molecule has 22 nitrogen and oxygen atoms in total. The average molecular weight is 1650 g/mol. The fourth-order valence-electron chi connectivity index (χ4n) is 13.9. The van der Waals surface area contributed by atoms with Gasteiger partial charge in [-0.2, -0.15) is 18.4 Å². The molecule has 598 valence electrons. The van der Waals surface area contributed by atoms with Gasteiger partial charge in [0.05, 0.1) is 22.3 Å². The molecule has 2 aliphatic rings. The highest BCUT2D eigenvalue weighted by molar-refractivity contribution is 7.89. The lowest BCUT2D eigenvalue weighted by Gasteiger charge is -2.24. The number of benzene rings is 10. The summed E-state index contributed by atoms with van der Waals surface area (Å²) < 4.78 is 153. The molecular formula is C88H88N6O16S5-2. The number of carboxylic acid groups (broad SMARTS) is 1. The molecule has 2 aliphatic heterocycles. The van der Waals surface area contributed by atoms with Crippen LogP contribution in [0.2, 0.25) is 0 Å². The molecule has 0 amide bonds. The molecule has 27 heteroatoms. The standard InChI is InChI=1S/2C37H32O4S.C14H26N6O6S2.O2S/c2*1-23-9-7-10-24(2)32(23)19-27-15-17-29-34(21-27)41-35-22-28(20-33-25(3)11-8-12-26(33)4)16-18-30(35)37(29)31-13-5-6-14-36(31)42(38,39)40;1-20(10-13(21)22)14-18-11(6-4-8-15-27(2,23)24)17-12(19-14)7-5-9-16-28(3,25)26;1-3-2/h2*5-19,21-22H,20H2,1-4H3,(H,38,39,40);15-16H,4-10H2,1-3H3,(H,21,22);/p-2/b2*27-19+;;. The van der Waals surface area contributed by atoms with Crippen LogP contribution in [-0.2, 0) is 82.3 Å². The number of nitrogens with one attached hydrogen (secondary N) is 2. The molecule has 3 heterocycles. The lowest BCUT2D eigenvalue weighted by molar-refractivity contribution is -0.135. The summed E-state index contributed by atoms with van der Waals surface area (Å²) in [6.07, 6.45) is 9.53. The van der Waals surface area contributed by atoms with Gasteiger partial charge in [0.2, 0.25) is 26.0 Å². The Bertz CT molecular complexity index is 5930. The zero-order valence-corrected chi connectivity index (χ0v) is 69.5. The summed E-state index contributed by atoms with van der Waals surface area (Å²) in [5, 5.41) is 12.3. The first-order valence-electron chi connectivity index (χ1n) is 36.6. The van der Waals surface area contributed by atoms with E-state index in [1.165, 1.54) is 79.7 Å². The first kappa shape index (κ1) is 86.4. The maximum absolute atomic E-state index is 12.4. The molecule has 115 heavy (non-hydrogen) atoms. The molecule has 0 unspecified atom stereocenters. The minimum absolute atomic E-state index is 0.189. The van der Waals surface area contributed by atoms with Gasteiger partial charge in [0.1, 0.15) is 61.4 Å². The van der Waals surface area contributed by atoms with E-state index >= 15 is 0 Å². The minimum Gasteiger partial charge on any atom is -0.744 e. The Morgan fingerprint density at radius 2 is 0.800 bits per heavy atom. The van der Waals surface area contributed by atoms with E-state index in [1.54, 1.807) is 36.4 Å². The van der Waals surface area contributed by atoms with E-state index in [1.807, 2.05) is 72.8 Å². The number of aliphatic carboxylic acids is 1. The van der Waals surface area contributed by atoms with Crippen molar-refractivity contribution in [3.63, 3.8) is 0 Å². The summed E-state index contributed by atoms with van der Waals surface area (Å²) in [5.41, 5.74) is 20.2. The van der Waals surface area contributed by atoms with Gasteiger partial charge in [-0.25, -0.2) is 48.1 Å². The maximum atomic E-state index is 12.4. The normalized spacial score (nSPS) is 12.5. The first-order chi connectivity index (χ1) is 54.5. The van der Waals surface area contributed by atoms with Crippen LogP contribution >= 0.6 is 0 Å². The first-order valence-corrected chi connectivity index (χ1v) is 43.9. The smallest absolute Gasteiger partial charge is 0.335 e. The average Bonchev–Trinajstić information content (AvgIpc) is 0.747. The number of hydrogen-bond acceptors (Lipinski definition) is 19. The number of likely N-dealkylation sites (N-methyl/N-ethyl adjacent to an activating group) is 1. The molecule has 0 fully saturated rings. The number of aromatic nitrogens is 3. The van der Waals surface area contributed by atoms with Gasteiger partial charge in [0, 0.05) is 76.8 Å². The summed E-state index contributed by atoms with van der Waals surface area (Å²) in [4.78, 5) is 24.6. The molecule has 0 aliphatic carbocycles. The van der Waals surface area contributed by atoms with E-state index in [0.29, 0.717) is 82.6 Å². The molecule has 0 saturated heterocycles. The topological polar surface area (TPSA) is 339 Å². The van der Waals surface area contributed by atoms with Gasteiger partial charge in [-0.05, 0) is 230 Å². The van der Waals surface area contributed by atoms with Crippen LogP contribution in [0.5, 0.6) is 23.0 Å². The van der Waals surface area contributed by atoms with E-state index in [9.17, 15) is 47.6 Å². The van der Waals surface area contributed by atoms with Crippen molar-refractivity contribution >= 4 is 87.1 Å².